The van der Waals surface area contributed by atoms with Gasteiger partial charge in [0.15, 0.2) is 0 Å². The number of nitrogens with one attached hydrogen (secondary N) is 1. The maximum absolute atomic E-state index is 11.8. The van der Waals surface area contributed by atoms with Crippen molar-refractivity contribution in [3.8, 4) is 0 Å². The number of hydrogen-bond donors (Lipinski definition) is 1. The van der Waals surface area contributed by atoms with Crippen molar-refractivity contribution >= 4 is 46.1 Å². The molecule has 0 spiro atoms. The van der Waals surface area contributed by atoms with Crippen LogP contribution < -0.4 is 5.32 Å². The molecule has 0 atom stereocenters. The van der Waals surface area contributed by atoms with Crippen LogP contribution in [-0.4, -0.2) is 42.8 Å². The molecular weight excluding hydrogens is 617 g/mol. The summed E-state index contributed by atoms with van der Waals surface area (Å²) in [5, 5.41) is 3.38. The molecule has 7 heteroatoms. The zero-order chi connectivity index (χ0) is 20.4. The average molecular weight is 662 g/mol. The van der Waals surface area contributed by atoms with Crippen LogP contribution in [0.1, 0.15) is 81.6 Å². The third-order valence-electron chi connectivity index (χ3n) is 4.36. The Hall–Kier alpha value is 1.27. The van der Waals surface area contributed by atoms with E-state index >= 15 is 0 Å². The summed E-state index contributed by atoms with van der Waals surface area (Å²) in [6.45, 7) is 18.8. The van der Waals surface area contributed by atoms with Gasteiger partial charge in [0.05, 0.1) is 0 Å². The molecule has 2 heterocycles. The summed E-state index contributed by atoms with van der Waals surface area (Å²) in [5.41, 5.74) is 0.409. The first-order chi connectivity index (χ1) is 11.8. The molecule has 0 aromatic heterocycles. The SMILES string of the molecule is C.CC1(C)CCCN(C(=O)OC(C)(C)C)C1.CC1(C)CCCNC1.[CH3-].[I][V][I]. The number of nitrogens with zero attached hydrogens (tertiary/aromatic N) is 1. The van der Waals surface area contributed by atoms with Crippen LogP contribution in [0.2, 0.25) is 0 Å². The number of carbonyl (C=O) groups excluding carboxylic acids is 1. The van der Waals surface area contributed by atoms with Gasteiger partial charge in [-0.2, -0.15) is 0 Å². The van der Waals surface area contributed by atoms with Crippen LogP contribution in [0.3, 0.4) is 0 Å². The predicted molar refractivity (Wildman–Crippen MR) is 138 cm³/mol. The zero-order valence-electron chi connectivity index (χ0n) is 18.6. The Bertz CT molecular complexity index is 406. The zero-order valence-corrected chi connectivity index (χ0v) is 24.3. The first kappa shape index (κ1) is 33.9. The number of amides is 1. The van der Waals surface area contributed by atoms with Crippen molar-refractivity contribution < 1.29 is 19.0 Å². The molecule has 4 nitrogen and oxygen atoms in total. The van der Waals surface area contributed by atoms with E-state index in [9.17, 15) is 4.79 Å². The average Bonchev–Trinajstić information content (AvgIpc) is 2.45. The van der Waals surface area contributed by atoms with Gasteiger partial charge in [0.1, 0.15) is 5.60 Å². The quantitative estimate of drug-likeness (QED) is 0.219. The standard InChI is InChI=1S/C12H23NO2.C7H15N.CH4.CH3.2HI.V/c1-11(2,3)15-10(14)13-8-6-7-12(4,5)9-13;1-7(2)4-3-5-8-6-7;;;;;/h6-9H2,1-5H3;8H,3-6H2,1-2H3;1H4;1H3;2*1H;/q;;;-1;;;+2/p-2. The van der Waals surface area contributed by atoms with Crippen LogP contribution in [0, 0.1) is 18.3 Å². The summed E-state index contributed by atoms with van der Waals surface area (Å²) in [7, 11) is 0.628. The van der Waals surface area contributed by atoms with Gasteiger partial charge >= 0.3 is 55.5 Å². The van der Waals surface area contributed by atoms with E-state index in [1.165, 1.54) is 32.4 Å². The van der Waals surface area contributed by atoms with E-state index in [0.717, 1.165) is 19.5 Å². The second-order valence-electron chi connectivity index (χ2n) is 9.68. The summed E-state index contributed by atoms with van der Waals surface area (Å²) in [4.78, 5) is 13.6. The van der Waals surface area contributed by atoms with Gasteiger partial charge in [0.2, 0.25) is 0 Å². The van der Waals surface area contributed by atoms with Crippen LogP contribution in [0.15, 0.2) is 0 Å². The molecule has 171 valence electrons. The molecule has 28 heavy (non-hydrogen) atoms. The van der Waals surface area contributed by atoms with Crippen LogP contribution in [0.25, 0.3) is 0 Å². The van der Waals surface area contributed by atoms with Crippen LogP contribution in [0.5, 0.6) is 0 Å². The Morgan fingerprint density at radius 3 is 1.89 bits per heavy atom. The molecule has 0 saturated carbocycles. The number of halogens is 2. The van der Waals surface area contributed by atoms with Gasteiger partial charge in [-0.15, -0.1) is 0 Å². The first-order valence-corrected chi connectivity index (χ1v) is 18.4. The van der Waals surface area contributed by atoms with Gasteiger partial charge in [0, 0.05) is 19.6 Å². The Balaban J connectivity index is -0.000000408. The van der Waals surface area contributed by atoms with E-state index in [4.69, 9.17) is 4.74 Å². The number of hydrogen-bond acceptors (Lipinski definition) is 3. The third-order valence-corrected chi connectivity index (χ3v) is 4.36. The van der Waals surface area contributed by atoms with Crippen molar-refractivity contribution in [2.45, 2.75) is 87.2 Å². The van der Waals surface area contributed by atoms with Gasteiger partial charge < -0.3 is 22.4 Å². The second-order valence-corrected chi connectivity index (χ2v) is 21.5. The number of piperidine rings is 2. The van der Waals surface area contributed by atoms with Crippen molar-refractivity contribution in [3.05, 3.63) is 7.43 Å². The van der Waals surface area contributed by atoms with Crippen molar-refractivity contribution in [3.63, 3.8) is 0 Å². The Labute approximate surface area is 205 Å². The molecule has 0 unspecified atom stereocenters. The summed E-state index contributed by atoms with van der Waals surface area (Å²) in [6.07, 6.45) is 4.83. The normalized spacial score (nSPS) is 19.8. The van der Waals surface area contributed by atoms with E-state index in [1.807, 2.05) is 25.7 Å². The molecule has 1 N–H and O–H groups in total. The van der Waals surface area contributed by atoms with Gasteiger partial charge in [-0.25, -0.2) is 4.79 Å². The number of rotatable bonds is 0. The molecular formula is C21H45I2N2O2V-. The molecule has 0 radical (unpaired) electrons. The third kappa shape index (κ3) is 18.1. The summed E-state index contributed by atoms with van der Waals surface area (Å²) < 4.78 is 5.36. The van der Waals surface area contributed by atoms with Crippen molar-refractivity contribution in [2.75, 3.05) is 26.2 Å². The van der Waals surface area contributed by atoms with Crippen LogP contribution in [-0.2, 0) is 14.2 Å². The van der Waals surface area contributed by atoms with Gasteiger partial charge in [0.25, 0.3) is 0 Å². The number of ether oxygens (including phenoxy) is 1. The summed E-state index contributed by atoms with van der Waals surface area (Å²) in [5.74, 6) is 0. The maximum atomic E-state index is 11.8. The van der Waals surface area contributed by atoms with Gasteiger partial charge in [-0.05, 0) is 63.8 Å². The molecule has 2 rings (SSSR count). The van der Waals surface area contributed by atoms with Crippen molar-refractivity contribution in [1.29, 1.82) is 0 Å². The number of carbonyl (C=O) groups is 1. The fraction of sp³-hybridized carbons (Fsp3) is 0.905. The van der Waals surface area contributed by atoms with E-state index < -0.39 is 5.60 Å². The minimum absolute atomic E-state index is 0. The van der Waals surface area contributed by atoms with Crippen LogP contribution >= 0.6 is 40.0 Å². The number of likely N-dealkylation sites (tertiary alicyclic amines) is 1. The molecule has 2 fully saturated rings. The minimum atomic E-state index is -0.390. The topological polar surface area (TPSA) is 41.6 Å². The molecule has 2 aliphatic rings. The first-order valence-electron chi connectivity index (χ1n) is 9.43. The fourth-order valence-corrected chi connectivity index (χ4v) is 3.11. The molecule has 2 aliphatic heterocycles. The molecule has 2 saturated heterocycles. The molecule has 0 aromatic rings. The Morgan fingerprint density at radius 2 is 1.57 bits per heavy atom. The van der Waals surface area contributed by atoms with E-state index in [2.05, 4.69) is 73.0 Å². The monoisotopic (exact) mass is 662 g/mol. The summed E-state index contributed by atoms with van der Waals surface area (Å²) >= 11 is 4.74. The van der Waals surface area contributed by atoms with E-state index in [0.29, 0.717) is 14.9 Å². The van der Waals surface area contributed by atoms with E-state index in [1.54, 1.807) is 0 Å². The predicted octanol–water partition coefficient (Wildman–Crippen LogP) is 7.29. The van der Waals surface area contributed by atoms with Gasteiger partial charge in [-0.1, -0.05) is 35.1 Å². The Kier molecular flexibility index (Phi) is 19.4. The molecule has 0 aromatic carbocycles. The Morgan fingerprint density at radius 1 is 1.07 bits per heavy atom. The fourth-order valence-electron chi connectivity index (χ4n) is 3.11. The molecule has 1 amide bonds. The molecule has 0 aliphatic carbocycles. The van der Waals surface area contributed by atoms with Crippen molar-refractivity contribution in [2.24, 2.45) is 10.8 Å². The molecule has 0 bridgehead atoms. The van der Waals surface area contributed by atoms with Gasteiger partial charge in [-0.3, -0.25) is 0 Å². The summed E-state index contributed by atoms with van der Waals surface area (Å²) in [6, 6.07) is 0. The second kappa shape index (κ2) is 16.0. The van der Waals surface area contributed by atoms with Crippen molar-refractivity contribution in [1.82, 2.24) is 10.2 Å². The van der Waals surface area contributed by atoms with Crippen LogP contribution in [0.4, 0.5) is 4.79 Å². The van der Waals surface area contributed by atoms with E-state index in [-0.39, 0.29) is 26.4 Å².